The summed E-state index contributed by atoms with van der Waals surface area (Å²) in [4.78, 5) is 28.1. The molecule has 10 heteroatoms. The van der Waals surface area contributed by atoms with Crippen molar-refractivity contribution in [1.82, 2.24) is 9.88 Å². The molecule has 1 aromatic rings. The van der Waals surface area contributed by atoms with Crippen molar-refractivity contribution >= 4 is 35.0 Å². The van der Waals surface area contributed by atoms with Crippen molar-refractivity contribution in [2.45, 2.75) is 36.8 Å². The Labute approximate surface area is 196 Å². The second-order valence-corrected chi connectivity index (χ2v) is 7.77. The fourth-order valence-electron chi connectivity index (χ4n) is 2.86. The summed E-state index contributed by atoms with van der Waals surface area (Å²) in [6.07, 6.45) is 15.2. The maximum atomic E-state index is 12.0. The van der Waals surface area contributed by atoms with Crippen LogP contribution in [0.2, 0.25) is 0 Å². The fraction of sp³-hybridized carbons (Fsp3) is 0.500. The van der Waals surface area contributed by atoms with E-state index in [1.165, 1.54) is 28.0 Å². The van der Waals surface area contributed by atoms with Gasteiger partial charge in [-0.25, -0.2) is 4.98 Å². The number of thiazole rings is 1. The first kappa shape index (κ1) is 29.2. The summed E-state index contributed by atoms with van der Waals surface area (Å²) in [5.74, 6) is -1.63. The minimum atomic E-state index is -1.31. The van der Waals surface area contributed by atoms with Gasteiger partial charge in [0, 0.05) is 11.8 Å². The summed E-state index contributed by atoms with van der Waals surface area (Å²) in [6.45, 7) is 2.87. The van der Waals surface area contributed by atoms with Gasteiger partial charge >= 0.3 is 29.6 Å². The molecule has 4 atom stereocenters. The maximum absolute atomic E-state index is 12.0. The molecule has 148 valence electrons. The summed E-state index contributed by atoms with van der Waals surface area (Å²) >= 11 is 2.94. The molecule has 1 amide bonds. The van der Waals surface area contributed by atoms with Crippen LogP contribution in [0.4, 0.5) is 0 Å². The normalized spacial score (nSPS) is 19.4. The molecular weight excluding hydrogens is 411 g/mol. The number of aromatic nitrogens is 1. The molecule has 1 fully saturated rings. The fourth-order valence-corrected chi connectivity index (χ4v) is 4.89. The van der Waals surface area contributed by atoms with E-state index < -0.39 is 24.5 Å². The number of hydrogen-bond donors (Lipinski definition) is 2. The van der Waals surface area contributed by atoms with Crippen LogP contribution in [0.25, 0.3) is 0 Å². The number of hydrogen-bond acceptors (Lipinski definition) is 8. The Morgan fingerprint density at radius 2 is 1.96 bits per heavy atom. The summed E-state index contributed by atoms with van der Waals surface area (Å²) in [6, 6.07) is -0.335. The standard InChI is InChI=1S/C14H20N2O5S2.2C2H2.Na/c1-7(5-22-14-9(4-17)15-6-23-14)12-11(8(2)18)13(21)16(12)3-10(19)20;2*1-2;/h6-8,11-12,17-18H,3-5H2,1-2H3,(H,19,20);2*1-2H;/q;;;+1/p-1/t7-,8+,11+,12?;;;/m0.../s1. The quantitative estimate of drug-likeness (QED) is 0.192. The zero-order valence-electron chi connectivity index (χ0n) is 16.1. The number of amides is 1. The average Bonchev–Trinajstić information content (AvgIpc) is 3.12. The Hall–Kier alpha value is -1.04. The van der Waals surface area contributed by atoms with Crippen molar-refractivity contribution in [1.29, 1.82) is 0 Å². The maximum Gasteiger partial charge on any atom is 1.00 e. The molecule has 0 spiro atoms. The van der Waals surface area contributed by atoms with E-state index in [0.717, 1.165) is 4.21 Å². The Kier molecular flexibility index (Phi) is 15.5. The van der Waals surface area contributed by atoms with Crippen LogP contribution in [-0.2, 0) is 16.2 Å². The molecule has 1 aliphatic heterocycles. The molecule has 0 bridgehead atoms. The molecule has 1 aromatic heterocycles. The molecular formula is C18H23N2NaO5S2. The third kappa shape index (κ3) is 7.41. The van der Waals surface area contributed by atoms with Gasteiger partial charge in [0.25, 0.3) is 0 Å². The summed E-state index contributed by atoms with van der Waals surface area (Å²) in [5.41, 5.74) is 2.28. The van der Waals surface area contributed by atoms with E-state index in [4.69, 9.17) is 0 Å². The van der Waals surface area contributed by atoms with Crippen molar-refractivity contribution in [3.63, 3.8) is 0 Å². The number of likely N-dealkylation sites (tertiary alicyclic amines) is 1. The number of carboxylic acid groups (broad SMARTS) is 1. The molecule has 2 heterocycles. The number of aliphatic hydroxyl groups excluding tert-OH is 2. The molecule has 1 unspecified atom stereocenters. The topological polar surface area (TPSA) is 114 Å². The Morgan fingerprint density at radius 3 is 2.43 bits per heavy atom. The first-order valence-electron chi connectivity index (χ1n) is 7.87. The number of aliphatic hydroxyl groups is 2. The van der Waals surface area contributed by atoms with Crippen LogP contribution in [0.5, 0.6) is 0 Å². The van der Waals surface area contributed by atoms with Crippen LogP contribution in [0.1, 0.15) is 19.5 Å². The molecule has 2 rings (SSSR count). The minimum Gasteiger partial charge on any atom is -0.548 e. The number of β-lactam (4-membered cyclic amide) rings is 1. The van der Waals surface area contributed by atoms with E-state index in [1.54, 1.807) is 12.4 Å². The van der Waals surface area contributed by atoms with Crippen LogP contribution in [0.15, 0.2) is 9.72 Å². The van der Waals surface area contributed by atoms with Gasteiger partial charge in [-0.3, -0.25) is 4.79 Å². The van der Waals surface area contributed by atoms with Gasteiger partial charge in [0.1, 0.15) is 0 Å². The molecule has 1 saturated heterocycles. The van der Waals surface area contributed by atoms with Crippen molar-refractivity contribution in [2.24, 2.45) is 11.8 Å². The van der Waals surface area contributed by atoms with Crippen LogP contribution in [-0.4, -0.2) is 56.4 Å². The van der Waals surface area contributed by atoms with Gasteiger partial charge in [0.15, 0.2) is 0 Å². The van der Waals surface area contributed by atoms with Gasteiger partial charge in [0.2, 0.25) is 5.91 Å². The third-order valence-corrected chi connectivity index (χ3v) is 6.42. The number of carboxylic acids is 1. The summed E-state index contributed by atoms with van der Waals surface area (Å²) in [7, 11) is 0. The zero-order chi connectivity index (χ0) is 21.1. The smallest absolute Gasteiger partial charge is 0.548 e. The van der Waals surface area contributed by atoms with Crippen LogP contribution < -0.4 is 34.7 Å². The second kappa shape index (κ2) is 14.9. The number of nitrogens with zero attached hydrogens (tertiary/aromatic N) is 2. The Bertz CT molecular complexity index is 657. The van der Waals surface area contributed by atoms with Crippen LogP contribution in [0.3, 0.4) is 0 Å². The van der Waals surface area contributed by atoms with Crippen molar-refractivity contribution in [3.8, 4) is 25.7 Å². The molecule has 0 aliphatic carbocycles. The Balaban J connectivity index is 0. The van der Waals surface area contributed by atoms with Gasteiger partial charge in [-0.1, -0.05) is 6.92 Å². The monoisotopic (exact) mass is 434 g/mol. The van der Waals surface area contributed by atoms with Crippen LogP contribution in [0, 0.1) is 37.5 Å². The van der Waals surface area contributed by atoms with Gasteiger partial charge < -0.3 is 25.0 Å². The van der Waals surface area contributed by atoms with Gasteiger partial charge in [-0.05, 0) is 12.8 Å². The molecule has 0 saturated carbocycles. The summed E-state index contributed by atoms with van der Waals surface area (Å²) in [5, 5.41) is 29.8. The summed E-state index contributed by atoms with van der Waals surface area (Å²) < 4.78 is 0.907. The SMILES string of the molecule is C#C.C#C.C[C@@H](CSc1scnc1CO)C1[C@@H]([C@@H](C)O)C(=O)N1CC(=O)[O-].[Na+]. The number of carbonyl (C=O) groups excluding carboxylic acids is 2. The van der Waals surface area contributed by atoms with Gasteiger partial charge in [0.05, 0.1) is 46.6 Å². The minimum absolute atomic E-state index is 0. The van der Waals surface area contributed by atoms with Gasteiger partial charge in [-0.2, -0.15) is 0 Å². The largest absolute Gasteiger partial charge is 1.00 e. The predicted molar refractivity (Wildman–Crippen MR) is 103 cm³/mol. The first-order valence-corrected chi connectivity index (χ1v) is 9.74. The molecule has 2 N–H and O–H groups in total. The number of terminal acetylenes is 2. The molecule has 28 heavy (non-hydrogen) atoms. The van der Waals surface area contributed by atoms with Crippen molar-refractivity contribution in [2.75, 3.05) is 12.3 Å². The molecule has 1 aliphatic rings. The first-order chi connectivity index (χ1) is 12.9. The number of thioether (sulfide) groups is 1. The van der Waals surface area contributed by atoms with E-state index in [2.05, 4.69) is 30.7 Å². The average molecular weight is 435 g/mol. The van der Waals surface area contributed by atoms with E-state index >= 15 is 0 Å². The molecule has 0 radical (unpaired) electrons. The number of rotatable bonds is 8. The predicted octanol–water partition coefficient (Wildman–Crippen LogP) is -3.18. The van der Waals surface area contributed by atoms with Crippen molar-refractivity contribution in [3.05, 3.63) is 11.2 Å². The zero-order valence-corrected chi connectivity index (χ0v) is 19.8. The number of carbonyl (C=O) groups is 2. The molecule has 7 nitrogen and oxygen atoms in total. The number of aliphatic carboxylic acids is 1. The molecule has 0 aromatic carbocycles. The van der Waals surface area contributed by atoms with Gasteiger partial charge in [-0.15, -0.1) is 48.8 Å². The third-order valence-electron chi connectivity index (χ3n) is 3.93. The van der Waals surface area contributed by atoms with Crippen LogP contribution >= 0.6 is 23.1 Å². The van der Waals surface area contributed by atoms with E-state index in [9.17, 15) is 24.9 Å². The van der Waals surface area contributed by atoms with E-state index in [1.807, 2.05) is 6.92 Å². The van der Waals surface area contributed by atoms with E-state index in [-0.39, 0.29) is 54.0 Å². The Morgan fingerprint density at radius 1 is 1.39 bits per heavy atom. The van der Waals surface area contributed by atoms with Crippen molar-refractivity contribution < 1.29 is 54.5 Å². The second-order valence-electron chi connectivity index (χ2n) is 5.63. The van der Waals surface area contributed by atoms with E-state index in [0.29, 0.717) is 11.4 Å².